The highest BCUT2D eigenvalue weighted by Crippen LogP contribution is 2.23. The van der Waals surface area contributed by atoms with Crippen molar-refractivity contribution in [1.82, 2.24) is 9.96 Å². The fraction of sp³-hybridized carbons (Fsp3) is 0.188. The second kappa shape index (κ2) is 5.69. The number of imide groups is 1. The molecule has 7 nitrogen and oxygen atoms in total. The SMILES string of the molecule is CN(C)Cc1ccc(C(=O)ON2C(=O)c3ccccc3C2=O)o1. The van der Waals surface area contributed by atoms with Gasteiger partial charge in [-0.1, -0.05) is 17.2 Å². The number of hydroxylamine groups is 2. The maximum Gasteiger partial charge on any atom is 0.399 e. The summed E-state index contributed by atoms with van der Waals surface area (Å²) in [6, 6.07) is 9.36. The van der Waals surface area contributed by atoms with E-state index in [9.17, 15) is 14.4 Å². The van der Waals surface area contributed by atoms with Crippen LogP contribution in [0.1, 0.15) is 37.0 Å². The zero-order valence-electron chi connectivity index (χ0n) is 12.6. The maximum absolute atomic E-state index is 12.1. The average Bonchev–Trinajstić information content (AvgIpc) is 3.06. The minimum absolute atomic E-state index is 0.0709. The van der Waals surface area contributed by atoms with E-state index in [1.54, 1.807) is 18.2 Å². The quantitative estimate of drug-likeness (QED) is 0.799. The Kier molecular flexibility index (Phi) is 3.71. The summed E-state index contributed by atoms with van der Waals surface area (Å²) < 4.78 is 5.35. The number of carbonyl (C=O) groups excluding carboxylic acids is 3. The van der Waals surface area contributed by atoms with Crippen LogP contribution < -0.4 is 0 Å². The van der Waals surface area contributed by atoms with Crippen molar-refractivity contribution >= 4 is 17.8 Å². The van der Waals surface area contributed by atoms with Crippen LogP contribution in [0.15, 0.2) is 40.8 Å². The third-order valence-electron chi connectivity index (χ3n) is 3.27. The van der Waals surface area contributed by atoms with Gasteiger partial charge < -0.3 is 14.2 Å². The predicted molar refractivity (Wildman–Crippen MR) is 78.5 cm³/mol. The molecule has 1 aromatic heterocycles. The molecule has 0 N–H and O–H groups in total. The molecule has 0 spiro atoms. The molecule has 2 aromatic rings. The number of rotatable bonds is 4. The van der Waals surface area contributed by atoms with Gasteiger partial charge in [-0.2, -0.15) is 0 Å². The second-order valence-electron chi connectivity index (χ2n) is 5.33. The lowest BCUT2D eigenvalue weighted by Crippen LogP contribution is -2.32. The van der Waals surface area contributed by atoms with Crippen LogP contribution in [0.4, 0.5) is 0 Å². The van der Waals surface area contributed by atoms with E-state index < -0.39 is 17.8 Å². The Morgan fingerprint density at radius 2 is 1.70 bits per heavy atom. The summed E-state index contributed by atoms with van der Waals surface area (Å²) in [6.07, 6.45) is 0. The zero-order valence-corrected chi connectivity index (χ0v) is 12.6. The van der Waals surface area contributed by atoms with Gasteiger partial charge in [-0.15, -0.1) is 0 Å². The van der Waals surface area contributed by atoms with E-state index in [2.05, 4.69) is 0 Å². The van der Waals surface area contributed by atoms with Gasteiger partial charge in [0, 0.05) is 0 Å². The Bertz CT molecular complexity index is 758. The Hall–Kier alpha value is -2.93. The second-order valence-corrected chi connectivity index (χ2v) is 5.33. The van der Waals surface area contributed by atoms with E-state index in [1.807, 2.05) is 19.0 Å². The third kappa shape index (κ3) is 2.74. The lowest BCUT2D eigenvalue weighted by Gasteiger charge is -2.11. The van der Waals surface area contributed by atoms with E-state index >= 15 is 0 Å². The van der Waals surface area contributed by atoms with Crippen LogP contribution in [0, 0.1) is 0 Å². The predicted octanol–water partition coefficient (Wildman–Crippen LogP) is 1.71. The van der Waals surface area contributed by atoms with Gasteiger partial charge in [-0.25, -0.2) is 4.79 Å². The highest BCUT2D eigenvalue weighted by molar-refractivity contribution is 6.21. The molecule has 0 unspecified atom stereocenters. The molecular formula is C16H14N2O5. The number of hydrogen-bond acceptors (Lipinski definition) is 6. The van der Waals surface area contributed by atoms with Crippen LogP contribution >= 0.6 is 0 Å². The molecule has 1 aromatic carbocycles. The lowest BCUT2D eigenvalue weighted by atomic mass is 10.1. The normalized spacial score (nSPS) is 13.6. The first-order chi connectivity index (χ1) is 11.0. The number of furan rings is 1. The number of fused-ring (bicyclic) bond motifs is 1. The maximum atomic E-state index is 12.1. The molecule has 7 heteroatoms. The number of benzene rings is 1. The smallest absolute Gasteiger partial charge is 0.399 e. The fourth-order valence-corrected chi connectivity index (χ4v) is 2.26. The minimum Gasteiger partial charge on any atom is -0.453 e. The first-order valence-corrected chi connectivity index (χ1v) is 6.91. The standard InChI is InChI=1S/C16H14N2O5/c1-17(2)9-10-7-8-13(22-10)16(21)23-18-14(19)11-5-3-4-6-12(11)15(18)20/h3-8H,9H2,1-2H3. The number of nitrogens with zero attached hydrogens (tertiary/aromatic N) is 2. The summed E-state index contributed by atoms with van der Waals surface area (Å²) >= 11 is 0. The highest BCUT2D eigenvalue weighted by Gasteiger charge is 2.39. The van der Waals surface area contributed by atoms with Crippen LogP contribution in [0.5, 0.6) is 0 Å². The number of amides is 2. The van der Waals surface area contributed by atoms with E-state index in [0.717, 1.165) is 0 Å². The molecule has 0 bridgehead atoms. The van der Waals surface area contributed by atoms with Crippen molar-refractivity contribution in [3.63, 3.8) is 0 Å². The number of carbonyl (C=O) groups is 3. The molecule has 118 valence electrons. The monoisotopic (exact) mass is 314 g/mol. The molecule has 1 aliphatic rings. The number of hydrogen-bond donors (Lipinski definition) is 0. The first-order valence-electron chi connectivity index (χ1n) is 6.91. The van der Waals surface area contributed by atoms with Crippen LogP contribution in [0.3, 0.4) is 0 Å². The van der Waals surface area contributed by atoms with E-state index in [4.69, 9.17) is 9.25 Å². The summed E-state index contributed by atoms with van der Waals surface area (Å²) in [4.78, 5) is 43.1. The van der Waals surface area contributed by atoms with Gasteiger partial charge >= 0.3 is 5.97 Å². The molecule has 0 atom stereocenters. The molecule has 0 fully saturated rings. The molecular weight excluding hydrogens is 300 g/mol. The zero-order chi connectivity index (χ0) is 16.6. The molecule has 3 rings (SSSR count). The molecule has 0 saturated heterocycles. The van der Waals surface area contributed by atoms with Crippen molar-refractivity contribution in [2.45, 2.75) is 6.54 Å². The lowest BCUT2D eigenvalue weighted by molar-refractivity contribution is -0.0604. The minimum atomic E-state index is -0.899. The van der Waals surface area contributed by atoms with Crippen LogP contribution in [0.25, 0.3) is 0 Å². The van der Waals surface area contributed by atoms with E-state index in [1.165, 1.54) is 18.2 Å². The third-order valence-corrected chi connectivity index (χ3v) is 3.27. The molecule has 2 heterocycles. The van der Waals surface area contributed by atoms with Gasteiger partial charge in [0.05, 0.1) is 17.7 Å². The highest BCUT2D eigenvalue weighted by atomic mass is 16.7. The average molecular weight is 314 g/mol. The molecule has 0 saturated carbocycles. The van der Waals surface area contributed by atoms with E-state index in [0.29, 0.717) is 17.4 Å². The first kappa shape index (κ1) is 15.0. The van der Waals surface area contributed by atoms with Crippen molar-refractivity contribution in [1.29, 1.82) is 0 Å². The Labute approximate surface area is 132 Å². The summed E-state index contributed by atoms with van der Waals surface area (Å²) in [5.41, 5.74) is 0.413. The van der Waals surface area contributed by atoms with Crippen molar-refractivity contribution < 1.29 is 23.6 Å². The van der Waals surface area contributed by atoms with Gasteiger partial charge in [0.15, 0.2) is 0 Å². The van der Waals surface area contributed by atoms with Gasteiger partial charge in [-0.05, 0) is 38.4 Å². The molecule has 0 aliphatic carbocycles. The van der Waals surface area contributed by atoms with Crippen LogP contribution in [-0.2, 0) is 11.4 Å². The molecule has 0 radical (unpaired) electrons. The van der Waals surface area contributed by atoms with Crippen LogP contribution in [0.2, 0.25) is 0 Å². The van der Waals surface area contributed by atoms with Crippen molar-refractivity contribution in [3.8, 4) is 0 Å². The Morgan fingerprint density at radius 3 is 2.26 bits per heavy atom. The van der Waals surface area contributed by atoms with Gasteiger partial charge in [0.2, 0.25) is 5.76 Å². The van der Waals surface area contributed by atoms with E-state index in [-0.39, 0.29) is 16.9 Å². The van der Waals surface area contributed by atoms with Crippen molar-refractivity contribution in [2.24, 2.45) is 0 Å². The molecule has 1 aliphatic heterocycles. The van der Waals surface area contributed by atoms with Crippen molar-refractivity contribution in [3.05, 3.63) is 59.0 Å². The Balaban J connectivity index is 1.75. The largest absolute Gasteiger partial charge is 0.453 e. The van der Waals surface area contributed by atoms with Crippen LogP contribution in [-0.4, -0.2) is 41.8 Å². The van der Waals surface area contributed by atoms with Crippen molar-refractivity contribution in [2.75, 3.05) is 14.1 Å². The summed E-state index contributed by atoms with van der Waals surface area (Å²) in [7, 11) is 3.72. The fourth-order valence-electron chi connectivity index (χ4n) is 2.26. The molecule has 2 amide bonds. The summed E-state index contributed by atoms with van der Waals surface area (Å²) in [5, 5.41) is 0.459. The van der Waals surface area contributed by atoms with Gasteiger partial charge in [0.25, 0.3) is 11.8 Å². The van der Waals surface area contributed by atoms with Gasteiger partial charge in [0.1, 0.15) is 5.76 Å². The summed E-state index contributed by atoms with van der Waals surface area (Å²) in [6.45, 7) is 0.514. The molecule has 23 heavy (non-hydrogen) atoms. The topological polar surface area (TPSA) is 80.1 Å². The van der Waals surface area contributed by atoms with Gasteiger partial charge in [-0.3, -0.25) is 9.59 Å². The Morgan fingerprint density at radius 1 is 1.09 bits per heavy atom. The summed E-state index contributed by atoms with van der Waals surface area (Å²) in [5.74, 6) is -1.73.